The SMILES string of the molecule is C[C@H]1Oc2ccc(-c3csc(NC(=O)c4ccccc4F)n3)cc2N(C)C1=O. The number of likely N-dealkylation sites (N-methyl/N-ethyl adjacent to an activating group) is 1. The van der Waals surface area contributed by atoms with E-state index in [1.54, 1.807) is 36.4 Å². The molecule has 2 aromatic carbocycles. The topological polar surface area (TPSA) is 71.5 Å². The number of aromatic nitrogens is 1. The van der Waals surface area contributed by atoms with Crippen LogP contribution >= 0.6 is 11.3 Å². The Hall–Kier alpha value is -3.26. The fourth-order valence-electron chi connectivity index (χ4n) is 2.94. The highest BCUT2D eigenvalue weighted by molar-refractivity contribution is 7.14. The molecule has 0 saturated heterocycles. The second-order valence-electron chi connectivity index (χ2n) is 6.31. The first kappa shape index (κ1) is 18.1. The van der Waals surface area contributed by atoms with E-state index in [4.69, 9.17) is 4.74 Å². The molecule has 142 valence electrons. The van der Waals surface area contributed by atoms with Crippen molar-refractivity contribution in [2.45, 2.75) is 13.0 Å². The van der Waals surface area contributed by atoms with Crippen molar-refractivity contribution in [2.75, 3.05) is 17.3 Å². The number of benzene rings is 2. The lowest BCUT2D eigenvalue weighted by Gasteiger charge is -2.30. The summed E-state index contributed by atoms with van der Waals surface area (Å²) in [5.41, 5.74) is 2.03. The number of ether oxygens (including phenoxy) is 1. The summed E-state index contributed by atoms with van der Waals surface area (Å²) in [5, 5.41) is 4.75. The van der Waals surface area contributed by atoms with E-state index < -0.39 is 17.8 Å². The fraction of sp³-hybridized carbons (Fsp3) is 0.150. The van der Waals surface area contributed by atoms with Crippen LogP contribution in [0.5, 0.6) is 5.75 Å². The van der Waals surface area contributed by atoms with E-state index in [2.05, 4.69) is 10.3 Å². The maximum Gasteiger partial charge on any atom is 0.267 e. The van der Waals surface area contributed by atoms with Gasteiger partial charge in [-0.2, -0.15) is 0 Å². The van der Waals surface area contributed by atoms with Crippen molar-refractivity contribution in [3.63, 3.8) is 0 Å². The Labute approximate surface area is 164 Å². The van der Waals surface area contributed by atoms with Gasteiger partial charge in [-0.15, -0.1) is 11.3 Å². The van der Waals surface area contributed by atoms with Crippen molar-refractivity contribution in [3.8, 4) is 17.0 Å². The molecule has 2 amide bonds. The average Bonchev–Trinajstić information content (AvgIpc) is 3.15. The summed E-state index contributed by atoms with van der Waals surface area (Å²) in [7, 11) is 1.70. The molecule has 0 saturated carbocycles. The Bertz CT molecular complexity index is 1080. The number of anilines is 2. The molecule has 1 aliphatic rings. The first-order valence-corrected chi connectivity index (χ1v) is 9.42. The number of hydrogen-bond acceptors (Lipinski definition) is 5. The fourth-order valence-corrected chi connectivity index (χ4v) is 3.66. The van der Waals surface area contributed by atoms with Crippen LogP contribution < -0.4 is 15.0 Å². The lowest BCUT2D eigenvalue weighted by atomic mass is 10.1. The Balaban J connectivity index is 1.58. The smallest absolute Gasteiger partial charge is 0.267 e. The molecule has 28 heavy (non-hydrogen) atoms. The number of carbonyl (C=O) groups excluding carboxylic acids is 2. The minimum absolute atomic E-state index is 0.0422. The van der Waals surface area contributed by atoms with E-state index in [9.17, 15) is 14.0 Å². The summed E-state index contributed by atoms with van der Waals surface area (Å²) in [6.07, 6.45) is -0.525. The number of nitrogens with one attached hydrogen (secondary N) is 1. The van der Waals surface area contributed by atoms with Crippen LogP contribution in [0.1, 0.15) is 17.3 Å². The normalized spacial score (nSPS) is 15.8. The number of carbonyl (C=O) groups is 2. The average molecular weight is 397 g/mol. The zero-order chi connectivity index (χ0) is 19.8. The van der Waals surface area contributed by atoms with E-state index in [0.717, 1.165) is 5.56 Å². The molecule has 1 N–H and O–H groups in total. The van der Waals surface area contributed by atoms with E-state index in [0.29, 0.717) is 22.3 Å². The minimum atomic E-state index is -0.589. The highest BCUT2D eigenvalue weighted by Crippen LogP contribution is 2.37. The van der Waals surface area contributed by atoms with Crippen LogP contribution in [0, 0.1) is 5.82 Å². The van der Waals surface area contributed by atoms with Gasteiger partial charge in [-0.3, -0.25) is 14.9 Å². The predicted molar refractivity (Wildman–Crippen MR) is 105 cm³/mol. The molecule has 0 spiro atoms. The van der Waals surface area contributed by atoms with Crippen LogP contribution in [0.3, 0.4) is 0 Å². The summed E-state index contributed by atoms with van der Waals surface area (Å²) in [6.45, 7) is 1.71. The Morgan fingerprint density at radius 2 is 2.07 bits per heavy atom. The second kappa shape index (κ2) is 7.05. The molecule has 4 rings (SSSR count). The third-order valence-electron chi connectivity index (χ3n) is 4.44. The number of fused-ring (bicyclic) bond motifs is 1. The highest BCUT2D eigenvalue weighted by atomic mass is 32.1. The lowest BCUT2D eigenvalue weighted by Crippen LogP contribution is -2.41. The van der Waals surface area contributed by atoms with Gasteiger partial charge in [-0.25, -0.2) is 9.37 Å². The van der Waals surface area contributed by atoms with Crippen molar-refractivity contribution >= 4 is 34.0 Å². The van der Waals surface area contributed by atoms with Crippen molar-refractivity contribution in [3.05, 3.63) is 59.2 Å². The maximum absolute atomic E-state index is 13.7. The number of halogens is 1. The third-order valence-corrected chi connectivity index (χ3v) is 5.20. The summed E-state index contributed by atoms with van der Waals surface area (Å²) in [5.74, 6) is -0.645. The maximum atomic E-state index is 13.7. The molecule has 1 atom stereocenters. The summed E-state index contributed by atoms with van der Waals surface area (Å²) < 4.78 is 19.4. The second-order valence-corrected chi connectivity index (χ2v) is 7.17. The first-order valence-electron chi connectivity index (χ1n) is 8.54. The first-order chi connectivity index (χ1) is 13.4. The van der Waals surface area contributed by atoms with Gasteiger partial charge in [0, 0.05) is 18.0 Å². The monoisotopic (exact) mass is 397 g/mol. The van der Waals surface area contributed by atoms with Gasteiger partial charge in [-0.05, 0) is 37.3 Å². The van der Waals surface area contributed by atoms with Crippen molar-refractivity contribution in [2.24, 2.45) is 0 Å². The number of thiazole rings is 1. The van der Waals surface area contributed by atoms with Crippen LogP contribution in [0.25, 0.3) is 11.3 Å². The number of amides is 2. The molecular formula is C20H16FN3O3S. The molecule has 2 heterocycles. The molecule has 3 aromatic rings. The summed E-state index contributed by atoms with van der Waals surface area (Å²) >= 11 is 1.24. The highest BCUT2D eigenvalue weighted by Gasteiger charge is 2.29. The van der Waals surface area contributed by atoms with Crippen LogP contribution in [0.15, 0.2) is 47.8 Å². The van der Waals surface area contributed by atoms with E-state index >= 15 is 0 Å². The molecule has 6 nitrogen and oxygen atoms in total. The van der Waals surface area contributed by atoms with Gasteiger partial charge >= 0.3 is 0 Å². The van der Waals surface area contributed by atoms with Crippen LogP contribution in [-0.2, 0) is 4.79 Å². The molecule has 8 heteroatoms. The molecule has 0 radical (unpaired) electrons. The van der Waals surface area contributed by atoms with Crippen molar-refractivity contribution in [1.29, 1.82) is 0 Å². The predicted octanol–water partition coefficient (Wildman–Crippen LogP) is 3.95. The molecule has 0 unspecified atom stereocenters. The number of hydrogen-bond donors (Lipinski definition) is 1. The van der Waals surface area contributed by atoms with Crippen LogP contribution in [0.2, 0.25) is 0 Å². The van der Waals surface area contributed by atoms with Gasteiger partial charge in [-0.1, -0.05) is 12.1 Å². The van der Waals surface area contributed by atoms with Gasteiger partial charge in [0.1, 0.15) is 11.6 Å². The molecule has 1 aromatic heterocycles. The minimum Gasteiger partial charge on any atom is -0.479 e. The number of rotatable bonds is 3. The van der Waals surface area contributed by atoms with Gasteiger partial charge in [0.2, 0.25) is 0 Å². The lowest BCUT2D eigenvalue weighted by molar-refractivity contribution is -0.125. The van der Waals surface area contributed by atoms with Crippen LogP contribution in [0.4, 0.5) is 15.2 Å². The summed E-state index contributed by atoms with van der Waals surface area (Å²) in [4.78, 5) is 30.3. The van der Waals surface area contributed by atoms with Gasteiger partial charge in [0.15, 0.2) is 11.2 Å². The molecule has 0 aliphatic carbocycles. The zero-order valence-corrected chi connectivity index (χ0v) is 15.9. The van der Waals surface area contributed by atoms with Crippen LogP contribution in [-0.4, -0.2) is 29.9 Å². The molecule has 0 fully saturated rings. The summed E-state index contributed by atoms with van der Waals surface area (Å²) in [6, 6.07) is 11.2. The molecule has 0 bridgehead atoms. The van der Waals surface area contributed by atoms with E-state index in [1.807, 2.05) is 12.1 Å². The largest absolute Gasteiger partial charge is 0.479 e. The van der Waals surface area contributed by atoms with Crippen molar-refractivity contribution < 1.29 is 18.7 Å². The van der Waals surface area contributed by atoms with Crippen molar-refractivity contribution in [1.82, 2.24) is 4.98 Å². The Kier molecular flexibility index (Phi) is 4.56. The Morgan fingerprint density at radius 1 is 1.29 bits per heavy atom. The van der Waals surface area contributed by atoms with Gasteiger partial charge < -0.3 is 9.64 Å². The van der Waals surface area contributed by atoms with E-state index in [-0.39, 0.29) is 11.5 Å². The molecule has 1 aliphatic heterocycles. The Morgan fingerprint density at radius 3 is 2.86 bits per heavy atom. The quantitative estimate of drug-likeness (QED) is 0.727. The van der Waals surface area contributed by atoms with Gasteiger partial charge in [0.05, 0.1) is 16.9 Å². The molecular weight excluding hydrogens is 381 g/mol. The van der Waals surface area contributed by atoms with Gasteiger partial charge in [0.25, 0.3) is 11.8 Å². The van der Waals surface area contributed by atoms with E-state index in [1.165, 1.54) is 29.5 Å². The third kappa shape index (κ3) is 3.22. The number of nitrogens with zero attached hydrogens (tertiary/aromatic N) is 2. The standard InChI is InChI=1S/C20H16FN3O3S/c1-11-19(26)24(2)16-9-12(7-8-17(16)27-11)15-10-28-20(22-15)23-18(25)13-5-3-4-6-14(13)21/h3-11H,1-2H3,(H,22,23,25)/t11-/m1/s1. The zero-order valence-electron chi connectivity index (χ0n) is 15.1.